The van der Waals surface area contributed by atoms with E-state index >= 15 is 0 Å². The average molecular weight is 268 g/mol. The van der Waals surface area contributed by atoms with Gasteiger partial charge in [-0.05, 0) is 32.2 Å². The van der Waals surface area contributed by atoms with Crippen molar-refractivity contribution in [3.05, 3.63) is 29.3 Å². The van der Waals surface area contributed by atoms with Crippen LogP contribution < -0.4 is 10.5 Å². The van der Waals surface area contributed by atoms with E-state index in [1.807, 2.05) is 37.1 Å². The molecule has 0 saturated heterocycles. The molecule has 0 bridgehead atoms. The van der Waals surface area contributed by atoms with Gasteiger partial charge in [0.1, 0.15) is 10.7 Å². The molecule has 0 aliphatic rings. The summed E-state index contributed by atoms with van der Waals surface area (Å²) in [5, 5.41) is 9.14. The van der Waals surface area contributed by atoms with Gasteiger partial charge in [-0.1, -0.05) is 12.2 Å². The summed E-state index contributed by atoms with van der Waals surface area (Å²) in [6.07, 6.45) is 0. The van der Waals surface area contributed by atoms with Crippen LogP contribution in [0.15, 0.2) is 18.2 Å². The van der Waals surface area contributed by atoms with E-state index in [4.69, 9.17) is 27.8 Å². The molecule has 1 aromatic rings. The van der Waals surface area contributed by atoms with E-state index in [2.05, 4.69) is 0 Å². The van der Waals surface area contributed by atoms with Crippen molar-refractivity contribution >= 4 is 17.2 Å². The normalized spacial score (nSPS) is 12.5. The molecule has 0 fully saturated rings. The Labute approximate surface area is 113 Å². The highest BCUT2D eigenvalue weighted by atomic mass is 32.1. The molecule has 0 heterocycles. The number of benzene rings is 1. The maximum Gasteiger partial charge on any atom is 0.123 e. The zero-order chi connectivity index (χ0) is 13.7. The highest BCUT2D eigenvalue weighted by molar-refractivity contribution is 7.80. The highest BCUT2D eigenvalue weighted by Crippen LogP contribution is 2.22. The predicted molar refractivity (Wildman–Crippen MR) is 76.9 cm³/mol. The Morgan fingerprint density at radius 3 is 2.72 bits per heavy atom. The number of aliphatic hydroxyl groups excluding tert-OH is 1. The monoisotopic (exact) mass is 268 g/mol. The van der Waals surface area contributed by atoms with Gasteiger partial charge in [0.2, 0.25) is 0 Å². The van der Waals surface area contributed by atoms with Crippen molar-refractivity contribution in [2.45, 2.75) is 19.5 Å². The topological polar surface area (TPSA) is 58.7 Å². The van der Waals surface area contributed by atoms with Crippen molar-refractivity contribution in [3.63, 3.8) is 0 Å². The van der Waals surface area contributed by atoms with Crippen LogP contribution in [0.4, 0.5) is 0 Å². The second kappa shape index (κ2) is 6.68. The maximum atomic E-state index is 9.14. The number of nitrogens with zero attached hydrogens (tertiary/aromatic N) is 1. The molecular weight excluding hydrogens is 248 g/mol. The van der Waals surface area contributed by atoms with Gasteiger partial charge in [-0.15, -0.1) is 0 Å². The number of hydrogen-bond acceptors (Lipinski definition) is 4. The molecule has 0 aliphatic heterocycles. The fourth-order valence-corrected chi connectivity index (χ4v) is 1.75. The highest BCUT2D eigenvalue weighted by Gasteiger charge is 2.12. The van der Waals surface area contributed by atoms with Gasteiger partial charge in [-0.3, -0.25) is 4.90 Å². The minimum atomic E-state index is 0.0863. The van der Waals surface area contributed by atoms with Crippen LogP contribution in [0.25, 0.3) is 0 Å². The quantitative estimate of drug-likeness (QED) is 0.758. The first-order valence-electron chi connectivity index (χ1n) is 5.77. The van der Waals surface area contributed by atoms with Crippen LogP contribution in [0.2, 0.25) is 0 Å². The summed E-state index contributed by atoms with van der Waals surface area (Å²) in [7, 11) is 3.59. The molecule has 0 radical (unpaired) electrons. The van der Waals surface area contributed by atoms with E-state index < -0.39 is 0 Å². The first-order valence-corrected chi connectivity index (χ1v) is 6.18. The van der Waals surface area contributed by atoms with Gasteiger partial charge in [-0.25, -0.2) is 0 Å². The molecule has 3 N–H and O–H groups in total. The molecule has 1 rings (SSSR count). The first kappa shape index (κ1) is 14.9. The van der Waals surface area contributed by atoms with Crippen LogP contribution in [0.1, 0.15) is 18.1 Å². The Balaban J connectivity index is 2.97. The van der Waals surface area contributed by atoms with Crippen molar-refractivity contribution in [3.8, 4) is 5.75 Å². The summed E-state index contributed by atoms with van der Waals surface area (Å²) in [6, 6.07) is 5.73. The number of ether oxygens (including phenoxy) is 1. The molecule has 1 atom stereocenters. The molecule has 0 aromatic heterocycles. The fraction of sp³-hybridized carbons (Fsp3) is 0.462. The summed E-state index contributed by atoms with van der Waals surface area (Å²) in [5.74, 6) is 0.798. The Morgan fingerprint density at radius 1 is 1.56 bits per heavy atom. The smallest absolute Gasteiger partial charge is 0.123 e. The number of methoxy groups -OCH3 is 1. The van der Waals surface area contributed by atoms with Gasteiger partial charge in [-0.2, -0.15) is 0 Å². The molecule has 1 aromatic carbocycles. The molecule has 18 heavy (non-hydrogen) atoms. The maximum absolute atomic E-state index is 9.14. The average Bonchev–Trinajstić information content (AvgIpc) is 2.37. The Hall–Kier alpha value is -1.17. The number of likely N-dealkylation sites (N-methyl/N-ethyl adjacent to an activating group) is 1. The number of aliphatic hydroxyl groups is 1. The molecule has 0 saturated carbocycles. The third kappa shape index (κ3) is 3.66. The zero-order valence-electron chi connectivity index (χ0n) is 11.0. The molecule has 5 heteroatoms. The van der Waals surface area contributed by atoms with Crippen molar-refractivity contribution in [1.82, 2.24) is 4.90 Å². The number of thiocarbonyl (C=S) groups is 1. The van der Waals surface area contributed by atoms with Crippen molar-refractivity contribution in [1.29, 1.82) is 0 Å². The second-order valence-corrected chi connectivity index (χ2v) is 4.78. The zero-order valence-corrected chi connectivity index (χ0v) is 11.8. The lowest BCUT2D eigenvalue weighted by Crippen LogP contribution is -2.31. The Bertz CT molecular complexity index is 423. The lowest BCUT2D eigenvalue weighted by molar-refractivity contribution is 0.153. The number of rotatable bonds is 6. The first-order chi connectivity index (χ1) is 8.49. The minimum Gasteiger partial charge on any atom is -0.496 e. The number of hydrogen-bond donors (Lipinski definition) is 2. The Morgan fingerprint density at radius 2 is 2.22 bits per heavy atom. The van der Waals surface area contributed by atoms with Crippen molar-refractivity contribution < 1.29 is 9.84 Å². The molecule has 0 amide bonds. The van der Waals surface area contributed by atoms with E-state index in [0.717, 1.165) is 16.9 Å². The third-order valence-electron chi connectivity index (χ3n) is 3.00. The van der Waals surface area contributed by atoms with Crippen LogP contribution in [0.3, 0.4) is 0 Å². The molecule has 0 aliphatic carbocycles. The van der Waals surface area contributed by atoms with Crippen molar-refractivity contribution in [2.75, 3.05) is 20.8 Å². The molecule has 1 unspecified atom stereocenters. The largest absolute Gasteiger partial charge is 0.496 e. The summed E-state index contributed by atoms with van der Waals surface area (Å²) >= 11 is 4.97. The lowest BCUT2D eigenvalue weighted by atomic mass is 10.1. The van der Waals surface area contributed by atoms with E-state index in [9.17, 15) is 0 Å². The van der Waals surface area contributed by atoms with E-state index in [-0.39, 0.29) is 12.6 Å². The molecular formula is C13H20N2O2S. The summed E-state index contributed by atoms with van der Waals surface area (Å²) in [4.78, 5) is 2.41. The third-order valence-corrected chi connectivity index (χ3v) is 3.24. The van der Waals surface area contributed by atoms with Crippen LogP contribution >= 0.6 is 12.2 Å². The van der Waals surface area contributed by atoms with Crippen LogP contribution in [0.5, 0.6) is 5.75 Å². The summed E-state index contributed by atoms with van der Waals surface area (Å²) in [5.41, 5.74) is 7.46. The molecule has 4 nitrogen and oxygen atoms in total. The number of nitrogens with two attached hydrogens (primary N) is 1. The van der Waals surface area contributed by atoms with Crippen LogP contribution in [0, 0.1) is 0 Å². The molecule has 0 spiro atoms. The van der Waals surface area contributed by atoms with E-state index in [1.165, 1.54) is 0 Å². The molecule has 100 valence electrons. The van der Waals surface area contributed by atoms with Gasteiger partial charge in [0.25, 0.3) is 0 Å². The predicted octanol–water partition coefficient (Wildman–Crippen LogP) is 1.14. The van der Waals surface area contributed by atoms with Gasteiger partial charge in [0.05, 0.1) is 13.7 Å². The second-order valence-electron chi connectivity index (χ2n) is 4.34. The van der Waals surface area contributed by atoms with E-state index in [0.29, 0.717) is 11.5 Å². The van der Waals surface area contributed by atoms with Crippen molar-refractivity contribution in [2.24, 2.45) is 5.73 Å². The summed E-state index contributed by atoms with van der Waals surface area (Å²) < 4.78 is 5.32. The van der Waals surface area contributed by atoms with Crippen LogP contribution in [-0.2, 0) is 6.54 Å². The van der Waals surface area contributed by atoms with Gasteiger partial charge < -0.3 is 15.6 Å². The summed E-state index contributed by atoms with van der Waals surface area (Å²) in [6.45, 7) is 2.75. The van der Waals surface area contributed by atoms with Gasteiger partial charge >= 0.3 is 0 Å². The lowest BCUT2D eigenvalue weighted by Gasteiger charge is -2.24. The minimum absolute atomic E-state index is 0.0863. The standard InChI is InChI=1S/C13H20N2O2S/c1-9(8-16)15(2)7-11-6-10(13(14)18)4-5-12(11)17-3/h4-6,9,16H,7-8H2,1-3H3,(H2,14,18). The van der Waals surface area contributed by atoms with Crippen LogP contribution in [-0.4, -0.2) is 41.8 Å². The Kier molecular flexibility index (Phi) is 5.53. The van der Waals surface area contributed by atoms with Gasteiger partial charge in [0, 0.05) is 23.7 Å². The SMILES string of the molecule is COc1ccc(C(N)=S)cc1CN(C)C(C)CO. The van der Waals surface area contributed by atoms with E-state index in [1.54, 1.807) is 7.11 Å². The van der Waals surface area contributed by atoms with Gasteiger partial charge in [0.15, 0.2) is 0 Å². The fourth-order valence-electron chi connectivity index (χ4n) is 1.62.